The highest BCUT2D eigenvalue weighted by atomic mass is 79.9. The Morgan fingerprint density at radius 2 is 2.05 bits per heavy atom. The Labute approximate surface area is 128 Å². The van der Waals surface area contributed by atoms with Crippen molar-refractivity contribution in [1.29, 1.82) is 0 Å². The fourth-order valence-corrected chi connectivity index (χ4v) is 2.19. The lowest BCUT2D eigenvalue weighted by molar-refractivity contribution is 0.438. The molecule has 8 heteroatoms. The van der Waals surface area contributed by atoms with Crippen molar-refractivity contribution in [2.75, 3.05) is 11.9 Å². The summed E-state index contributed by atoms with van der Waals surface area (Å²) in [6.07, 6.45) is 0. The lowest BCUT2D eigenvalue weighted by Crippen LogP contribution is -2.04. The molecular weight excluding hydrogens is 355 g/mol. The van der Waals surface area contributed by atoms with Crippen LogP contribution in [0.1, 0.15) is 6.92 Å². The van der Waals surface area contributed by atoms with Crippen molar-refractivity contribution in [3.05, 3.63) is 33.0 Å². The van der Waals surface area contributed by atoms with E-state index in [-0.39, 0.29) is 11.3 Å². The van der Waals surface area contributed by atoms with Crippen LogP contribution in [0.25, 0.3) is 0 Å². The maximum absolute atomic E-state index is 5.85. The first-order valence-corrected chi connectivity index (χ1v) is 6.91. The number of hydrogen-bond donors (Lipinski definition) is 1. The van der Waals surface area contributed by atoms with Gasteiger partial charge in [0.1, 0.15) is 5.75 Å². The van der Waals surface area contributed by atoms with Crippen molar-refractivity contribution in [2.45, 2.75) is 6.92 Å². The van der Waals surface area contributed by atoms with Crippen molar-refractivity contribution < 1.29 is 4.74 Å². The van der Waals surface area contributed by atoms with E-state index in [0.717, 1.165) is 0 Å². The van der Waals surface area contributed by atoms with Crippen LogP contribution in [0.15, 0.2) is 22.7 Å². The molecule has 0 aliphatic heterocycles. The SMILES string of the molecule is CCNc1nc(Cl)nc(Oc2ccc(Cl)cc2Br)n1. The van der Waals surface area contributed by atoms with Gasteiger partial charge in [-0.25, -0.2) is 0 Å². The second kappa shape index (κ2) is 6.36. The second-order valence-corrected chi connectivity index (χ2v) is 5.05. The fraction of sp³-hybridized carbons (Fsp3) is 0.182. The number of nitrogens with zero attached hydrogens (tertiary/aromatic N) is 3. The predicted octanol–water partition coefficient (Wildman–Crippen LogP) is 4.17. The maximum atomic E-state index is 5.85. The summed E-state index contributed by atoms with van der Waals surface area (Å²) >= 11 is 15.0. The van der Waals surface area contributed by atoms with Gasteiger partial charge in [0.2, 0.25) is 11.2 Å². The molecule has 1 aromatic carbocycles. The van der Waals surface area contributed by atoms with Gasteiger partial charge in [0.25, 0.3) is 0 Å². The Balaban J connectivity index is 2.27. The van der Waals surface area contributed by atoms with E-state index in [0.29, 0.717) is 27.7 Å². The Morgan fingerprint density at radius 1 is 1.26 bits per heavy atom. The topological polar surface area (TPSA) is 59.9 Å². The van der Waals surface area contributed by atoms with Gasteiger partial charge in [-0.05, 0) is 52.7 Å². The van der Waals surface area contributed by atoms with Crippen molar-refractivity contribution in [3.63, 3.8) is 0 Å². The van der Waals surface area contributed by atoms with Gasteiger partial charge in [-0.1, -0.05) is 11.6 Å². The van der Waals surface area contributed by atoms with Gasteiger partial charge in [-0.15, -0.1) is 0 Å². The molecule has 1 heterocycles. The van der Waals surface area contributed by atoms with Crippen molar-refractivity contribution in [2.24, 2.45) is 0 Å². The first kappa shape index (κ1) is 14.3. The number of nitrogens with one attached hydrogen (secondary N) is 1. The standard InChI is InChI=1S/C11H9BrCl2N4O/c1-2-15-10-16-9(14)17-11(18-10)19-8-4-3-6(13)5-7(8)12/h3-5H,2H2,1H3,(H,15,16,17,18). The van der Waals surface area contributed by atoms with E-state index in [1.54, 1.807) is 18.2 Å². The average molecular weight is 364 g/mol. The molecule has 100 valence electrons. The molecular formula is C11H9BrCl2N4O. The summed E-state index contributed by atoms with van der Waals surface area (Å²) in [5, 5.41) is 3.60. The number of halogens is 3. The summed E-state index contributed by atoms with van der Waals surface area (Å²) in [5.41, 5.74) is 0. The Morgan fingerprint density at radius 3 is 2.74 bits per heavy atom. The van der Waals surface area contributed by atoms with E-state index in [1.807, 2.05) is 6.92 Å². The third kappa shape index (κ3) is 3.92. The van der Waals surface area contributed by atoms with Gasteiger partial charge in [0, 0.05) is 11.6 Å². The van der Waals surface area contributed by atoms with Gasteiger partial charge in [0.05, 0.1) is 4.47 Å². The van der Waals surface area contributed by atoms with Crippen LogP contribution in [-0.2, 0) is 0 Å². The summed E-state index contributed by atoms with van der Waals surface area (Å²) < 4.78 is 6.24. The molecule has 5 nitrogen and oxygen atoms in total. The summed E-state index contributed by atoms with van der Waals surface area (Å²) in [4.78, 5) is 11.9. The monoisotopic (exact) mass is 362 g/mol. The highest BCUT2D eigenvalue weighted by Gasteiger charge is 2.09. The van der Waals surface area contributed by atoms with Crippen LogP contribution in [0.4, 0.5) is 5.95 Å². The highest BCUT2D eigenvalue weighted by Crippen LogP contribution is 2.31. The molecule has 0 radical (unpaired) electrons. The molecule has 0 amide bonds. The molecule has 0 spiro atoms. The minimum absolute atomic E-state index is 0.0611. The van der Waals surface area contributed by atoms with Crippen LogP contribution < -0.4 is 10.1 Å². The molecule has 0 aliphatic carbocycles. The van der Waals surface area contributed by atoms with Gasteiger partial charge < -0.3 is 10.1 Å². The molecule has 0 aliphatic rings. The number of benzene rings is 1. The number of rotatable bonds is 4. The van der Waals surface area contributed by atoms with Crippen LogP contribution in [0.2, 0.25) is 10.3 Å². The number of anilines is 1. The van der Waals surface area contributed by atoms with Crippen molar-refractivity contribution >= 4 is 45.1 Å². The summed E-state index contributed by atoms with van der Waals surface area (Å²) in [6, 6.07) is 5.23. The van der Waals surface area contributed by atoms with Gasteiger partial charge in [-0.2, -0.15) is 15.0 Å². The molecule has 19 heavy (non-hydrogen) atoms. The predicted molar refractivity (Wildman–Crippen MR) is 78.2 cm³/mol. The summed E-state index contributed by atoms with van der Waals surface area (Å²) in [6.45, 7) is 2.60. The van der Waals surface area contributed by atoms with E-state index >= 15 is 0 Å². The summed E-state index contributed by atoms with van der Waals surface area (Å²) in [5.74, 6) is 0.900. The number of aromatic nitrogens is 3. The zero-order valence-corrected chi connectivity index (χ0v) is 12.9. The molecule has 2 rings (SSSR count). The maximum Gasteiger partial charge on any atom is 0.328 e. The zero-order chi connectivity index (χ0) is 13.8. The number of ether oxygens (including phenoxy) is 1. The molecule has 0 atom stereocenters. The molecule has 0 bridgehead atoms. The lowest BCUT2D eigenvalue weighted by Gasteiger charge is -2.08. The van der Waals surface area contributed by atoms with E-state index in [1.165, 1.54) is 0 Å². The fourth-order valence-electron chi connectivity index (χ4n) is 1.27. The molecule has 1 aromatic heterocycles. The summed E-state index contributed by atoms with van der Waals surface area (Å²) in [7, 11) is 0. The van der Waals surface area contributed by atoms with Crippen LogP contribution >= 0.6 is 39.1 Å². The molecule has 0 fully saturated rings. The van der Waals surface area contributed by atoms with Crippen molar-refractivity contribution in [3.8, 4) is 11.8 Å². The highest BCUT2D eigenvalue weighted by molar-refractivity contribution is 9.10. The second-order valence-electron chi connectivity index (χ2n) is 3.42. The largest absolute Gasteiger partial charge is 0.423 e. The molecule has 0 saturated carbocycles. The molecule has 2 aromatic rings. The average Bonchev–Trinajstić information content (AvgIpc) is 2.32. The zero-order valence-electron chi connectivity index (χ0n) is 9.82. The first-order chi connectivity index (χ1) is 9.08. The van der Waals surface area contributed by atoms with Crippen LogP contribution in [0, 0.1) is 0 Å². The van der Waals surface area contributed by atoms with Crippen LogP contribution in [0.3, 0.4) is 0 Å². The Bertz CT molecular complexity index is 597. The van der Waals surface area contributed by atoms with Gasteiger partial charge >= 0.3 is 6.01 Å². The third-order valence-electron chi connectivity index (χ3n) is 2.02. The minimum atomic E-state index is 0.0611. The van der Waals surface area contributed by atoms with E-state index in [2.05, 4.69) is 36.2 Å². The van der Waals surface area contributed by atoms with E-state index in [9.17, 15) is 0 Å². The van der Waals surface area contributed by atoms with Crippen LogP contribution in [0.5, 0.6) is 11.8 Å². The Hall–Kier alpha value is -1.11. The lowest BCUT2D eigenvalue weighted by atomic mass is 10.3. The molecule has 1 N–H and O–H groups in total. The first-order valence-electron chi connectivity index (χ1n) is 5.37. The molecule has 0 saturated heterocycles. The van der Waals surface area contributed by atoms with E-state index < -0.39 is 0 Å². The minimum Gasteiger partial charge on any atom is -0.423 e. The van der Waals surface area contributed by atoms with Gasteiger partial charge in [0.15, 0.2) is 0 Å². The smallest absolute Gasteiger partial charge is 0.328 e. The Kier molecular flexibility index (Phi) is 4.79. The normalized spacial score (nSPS) is 10.3. The molecule has 0 unspecified atom stereocenters. The van der Waals surface area contributed by atoms with Gasteiger partial charge in [-0.3, -0.25) is 0 Å². The van der Waals surface area contributed by atoms with Crippen molar-refractivity contribution in [1.82, 2.24) is 15.0 Å². The third-order valence-corrected chi connectivity index (χ3v) is 3.04. The number of hydrogen-bond acceptors (Lipinski definition) is 5. The van der Waals surface area contributed by atoms with E-state index in [4.69, 9.17) is 27.9 Å². The quantitative estimate of drug-likeness (QED) is 0.883. The van der Waals surface area contributed by atoms with Crippen LogP contribution in [-0.4, -0.2) is 21.5 Å².